The Hall–Kier alpha value is -2.39. The van der Waals surface area contributed by atoms with Crippen molar-refractivity contribution in [3.8, 4) is 5.75 Å². The molecule has 0 spiro atoms. The Kier molecular flexibility index (Phi) is 3.32. The summed E-state index contributed by atoms with van der Waals surface area (Å²) in [5.41, 5.74) is 5.05. The van der Waals surface area contributed by atoms with Gasteiger partial charge in [-0.05, 0) is 67.2 Å². The van der Waals surface area contributed by atoms with Crippen LogP contribution in [-0.2, 0) is 18.3 Å². The molecule has 0 bridgehead atoms. The van der Waals surface area contributed by atoms with E-state index in [1.54, 1.807) is 6.07 Å². The van der Waals surface area contributed by atoms with Gasteiger partial charge in [0.15, 0.2) is 0 Å². The molecule has 2 N–H and O–H groups in total. The van der Waals surface area contributed by atoms with E-state index in [4.69, 9.17) is 4.98 Å². The summed E-state index contributed by atoms with van der Waals surface area (Å²) < 4.78 is 0. The molecule has 5 rings (SSSR count). The molecule has 0 unspecified atom stereocenters. The number of rotatable bonds is 1. The average Bonchev–Trinajstić information content (AvgIpc) is 2.64. The Labute approximate surface area is 147 Å². The number of nitrogens with zero attached hydrogens (tertiary/aromatic N) is 1. The van der Waals surface area contributed by atoms with Crippen LogP contribution in [0.2, 0.25) is 0 Å². The van der Waals surface area contributed by atoms with Gasteiger partial charge < -0.3 is 10.4 Å². The van der Waals surface area contributed by atoms with Crippen LogP contribution >= 0.6 is 0 Å². The molecule has 3 nitrogen and oxygen atoms in total. The molecule has 25 heavy (non-hydrogen) atoms. The summed E-state index contributed by atoms with van der Waals surface area (Å²) in [5, 5.41) is 14.8. The number of aromatic nitrogens is 1. The van der Waals surface area contributed by atoms with Crippen LogP contribution in [0.5, 0.6) is 5.75 Å². The Morgan fingerprint density at radius 3 is 2.92 bits per heavy atom. The summed E-state index contributed by atoms with van der Waals surface area (Å²) in [5.74, 6) is 0.903. The monoisotopic (exact) mass is 330 g/mol. The fourth-order valence-corrected chi connectivity index (χ4v) is 4.88. The number of phenolic OH excluding ortho intramolecular Hbond substituents is 1. The number of piperidine rings is 1. The Bertz CT molecular complexity index is 952. The lowest BCUT2D eigenvalue weighted by Gasteiger charge is -2.48. The maximum absolute atomic E-state index is 10.0. The number of nitrogens with one attached hydrogen (secondary N) is 1. The number of pyridine rings is 1. The minimum atomic E-state index is 0.0758. The number of para-hydroxylation sites is 1. The Morgan fingerprint density at radius 1 is 1.08 bits per heavy atom. The maximum Gasteiger partial charge on any atom is 0.115 e. The molecule has 0 amide bonds. The highest BCUT2D eigenvalue weighted by molar-refractivity contribution is 5.79. The zero-order valence-corrected chi connectivity index (χ0v) is 14.2. The van der Waals surface area contributed by atoms with E-state index in [1.807, 2.05) is 12.1 Å². The molecule has 2 aliphatic rings. The smallest absolute Gasteiger partial charge is 0.115 e. The first-order valence-electron chi connectivity index (χ1n) is 9.12. The lowest BCUT2D eigenvalue weighted by molar-refractivity contribution is 0.181. The van der Waals surface area contributed by atoms with Crippen LogP contribution in [0.25, 0.3) is 10.9 Å². The number of hydrogen-bond donors (Lipinski definition) is 2. The molecule has 0 radical (unpaired) electrons. The summed E-state index contributed by atoms with van der Waals surface area (Å²) >= 11 is 0. The lowest BCUT2D eigenvalue weighted by atomic mass is 9.59. The van der Waals surface area contributed by atoms with Gasteiger partial charge in [-0.3, -0.25) is 4.98 Å². The zero-order valence-electron chi connectivity index (χ0n) is 14.2. The van der Waals surface area contributed by atoms with Crippen LogP contribution in [0.3, 0.4) is 0 Å². The van der Waals surface area contributed by atoms with Gasteiger partial charge >= 0.3 is 0 Å². The molecule has 1 aliphatic carbocycles. The predicted molar refractivity (Wildman–Crippen MR) is 99.9 cm³/mol. The molecule has 1 saturated heterocycles. The first kappa shape index (κ1) is 14.9. The van der Waals surface area contributed by atoms with Crippen LogP contribution in [0, 0.1) is 5.92 Å². The highest BCUT2D eigenvalue weighted by Crippen LogP contribution is 2.46. The lowest BCUT2D eigenvalue weighted by Crippen LogP contribution is -2.52. The first-order valence-corrected chi connectivity index (χ1v) is 9.12. The predicted octanol–water partition coefficient (Wildman–Crippen LogP) is 3.59. The van der Waals surface area contributed by atoms with Gasteiger partial charge in [-0.1, -0.05) is 30.3 Å². The Balaban J connectivity index is 1.67. The minimum Gasteiger partial charge on any atom is -0.508 e. The Morgan fingerprint density at radius 2 is 2.00 bits per heavy atom. The third kappa shape index (κ3) is 2.34. The van der Waals surface area contributed by atoms with Crippen molar-refractivity contribution in [3.05, 3.63) is 71.4 Å². The zero-order chi connectivity index (χ0) is 16.9. The first-order chi connectivity index (χ1) is 12.2. The largest absolute Gasteiger partial charge is 0.508 e. The molecule has 2 heterocycles. The molecule has 2 atom stereocenters. The van der Waals surface area contributed by atoms with E-state index >= 15 is 0 Å². The van der Waals surface area contributed by atoms with Gasteiger partial charge in [-0.15, -0.1) is 0 Å². The fourth-order valence-electron chi connectivity index (χ4n) is 4.88. The summed E-state index contributed by atoms with van der Waals surface area (Å²) in [7, 11) is 0. The van der Waals surface area contributed by atoms with Crippen LogP contribution < -0.4 is 5.32 Å². The summed E-state index contributed by atoms with van der Waals surface area (Å²) in [6.07, 6.45) is 3.11. The maximum atomic E-state index is 10.0. The quantitative estimate of drug-likeness (QED) is 0.717. The molecule has 0 saturated carbocycles. The van der Waals surface area contributed by atoms with E-state index in [9.17, 15) is 5.11 Å². The van der Waals surface area contributed by atoms with Gasteiger partial charge in [0.05, 0.1) is 5.52 Å². The van der Waals surface area contributed by atoms with E-state index < -0.39 is 0 Å². The van der Waals surface area contributed by atoms with Gasteiger partial charge in [-0.2, -0.15) is 0 Å². The third-order valence-corrected chi connectivity index (χ3v) is 6.18. The number of fused-ring (bicyclic) bond motifs is 3. The van der Waals surface area contributed by atoms with Crippen molar-refractivity contribution in [2.75, 3.05) is 13.1 Å². The summed E-state index contributed by atoms with van der Waals surface area (Å²) in [6, 6.07) is 18.6. The molecule has 2 aromatic carbocycles. The van der Waals surface area contributed by atoms with Gasteiger partial charge in [0.2, 0.25) is 0 Å². The molecule has 3 heteroatoms. The number of hydrogen-bond acceptors (Lipinski definition) is 3. The van der Waals surface area contributed by atoms with Crippen LogP contribution in [-0.4, -0.2) is 23.2 Å². The van der Waals surface area contributed by atoms with E-state index in [0.717, 1.165) is 37.9 Å². The van der Waals surface area contributed by atoms with Gasteiger partial charge in [0.25, 0.3) is 0 Å². The van der Waals surface area contributed by atoms with Crippen molar-refractivity contribution < 1.29 is 5.11 Å². The van der Waals surface area contributed by atoms with Crippen molar-refractivity contribution in [1.29, 1.82) is 0 Å². The van der Waals surface area contributed by atoms with Crippen LogP contribution in [0.4, 0.5) is 0 Å². The molecule has 1 aliphatic heterocycles. The standard InChI is InChI=1S/C22H22N2O/c25-19-6-3-5-17(12-19)22-8-9-23-14-18(22)11-16-10-15-4-1-2-7-20(15)24-21(16)13-22/h1-7,10,12,18,23,25H,8-9,11,13-14H2/t18-,22-/m0/s1. The van der Waals surface area contributed by atoms with Crippen molar-refractivity contribution >= 4 is 10.9 Å². The second kappa shape index (κ2) is 5.57. The number of phenols is 1. The second-order valence-corrected chi connectivity index (χ2v) is 7.53. The minimum absolute atomic E-state index is 0.0758. The molecular formula is C22H22N2O. The highest BCUT2D eigenvalue weighted by atomic mass is 16.3. The van der Waals surface area contributed by atoms with E-state index in [1.165, 1.54) is 22.2 Å². The van der Waals surface area contributed by atoms with Crippen LogP contribution in [0.1, 0.15) is 23.2 Å². The van der Waals surface area contributed by atoms with E-state index in [-0.39, 0.29) is 5.41 Å². The second-order valence-electron chi connectivity index (χ2n) is 7.53. The topological polar surface area (TPSA) is 45.1 Å². The van der Waals surface area contributed by atoms with Crippen molar-refractivity contribution in [2.24, 2.45) is 5.92 Å². The van der Waals surface area contributed by atoms with Gasteiger partial charge in [0.1, 0.15) is 5.75 Å². The average molecular weight is 330 g/mol. The molecule has 1 fully saturated rings. The normalized spacial score (nSPS) is 25.4. The highest BCUT2D eigenvalue weighted by Gasteiger charge is 2.46. The summed E-state index contributed by atoms with van der Waals surface area (Å²) in [6.45, 7) is 2.05. The van der Waals surface area contributed by atoms with Crippen molar-refractivity contribution in [1.82, 2.24) is 10.3 Å². The number of benzene rings is 2. The molecule has 1 aromatic heterocycles. The number of aromatic hydroxyl groups is 1. The van der Waals surface area contributed by atoms with E-state index in [2.05, 4.69) is 41.7 Å². The summed E-state index contributed by atoms with van der Waals surface area (Å²) in [4.78, 5) is 5.02. The SMILES string of the molecule is Oc1cccc([C@@]23CCNC[C@@H]2Cc2cc4ccccc4nc2C3)c1. The fraction of sp³-hybridized carbons (Fsp3) is 0.318. The van der Waals surface area contributed by atoms with Crippen molar-refractivity contribution in [2.45, 2.75) is 24.7 Å². The van der Waals surface area contributed by atoms with Crippen LogP contribution in [0.15, 0.2) is 54.6 Å². The van der Waals surface area contributed by atoms with Crippen molar-refractivity contribution in [3.63, 3.8) is 0 Å². The van der Waals surface area contributed by atoms with Gasteiger partial charge in [0, 0.05) is 22.9 Å². The molecular weight excluding hydrogens is 308 g/mol. The third-order valence-electron chi connectivity index (χ3n) is 6.18. The molecule has 126 valence electrons. The molecule has 3 aromatic rings. The van der Waals surface area contributed by atoms with Gasteiger partial charge in [-0.25, -0.2) is 0 Å². The van der Waals surface area contributed by atoms with E-state index in [0.29, 0.717) is 11.7 Å².